The van der Waals surface area contributed by atoms with Crippen molar-refractivity contribution in [3.8, 4) is 0 Å². The van der Waals surface area contributed by atoms with Gasteiger partial charge in [-0.05, 0) is 0 Å². The van der Waals surface area contributed by atoms with E-state index in [0.29, 0.717) is 29.5 Å². The third-order valence-electron chi connectivity index (χ3n) is 1.48. The van der Waals surface area contributed by atoms with E-state index in [2.05, 4.69) is 23.5 Å². The molecule has 68 valence electrons. The molecule has 0 amide bonds. The van der Waals surface area contributed by atoms with Gasteiger partial charge in [0.05, 0.1) is 0 Å². The number of allylic oxidation sites excluding steroid dienone is 4. The normalized spacial score (nSPS) is 16.9. The summed E-state index contributed by atoms with van der Waals surface area (Å²) < 4.78 is 6.78. The first-order valence-electron chi connectivity index (χ1n) is 3.44. The molecule has 0 unspecified atom stereocenters. The maximum atomic E-state index is 2.79. The Balaban J connectivity index is 0.000000720. The fourth-order valence-corrected chi connectivity index (χ4v) is 110. The molecule has 0 aromatic rings. The Kier molecular flexibility index (Phi) is 11.4. The van der Waals surface area contributed by atoms with Crippen LogP contribution in [-0.2, 0) is 23.2 Å². The van der Waals surface area contributed by atoms with Crippen LogP contribution in [0.15, 0.2) is 26.8 Å². The molecule has 0 N–H and O–H groups in total. The Morgan fingerprint density at radius 2 is 2.23 bits per heavy atom. The number of hydrogen-bond donors (Lipinski definition) is 0. The molecule has 1 heterocycles. The molecule has 0 saturated heterocycles. The number of hydrogen-bond acceptors (Lipinski definition) is 0. The summed E-state index contributed by atoms with van der Waals surface area (Å²) in [6.45, 7) is 0. The molecule has 2 rings (SSSR count). The molecule has 13 heavy (non-hydrogen) atoms. The molecule has 1 aliphatic carbocycles. The van der Waals surface area contributed by atoms with Crippen molar-refractivity contribution in [3.63, 3.8) is 0 Å². The summed E-state index contributed by atoms with van der Waals surface area (Å²) >= 11 is 1.19. The molecule has 0 aromatic heterocycles. The van der Waals surface area contributed by atoms with Crippen molar-refractivity contribution in [2.24, 2.45) is 0 Å². The third kappa shape index (κ3) is 5.85. The Morgan fingerprint density at radius 1 is 1.38 bits per heavy atom. The quantitative estimate of drug-likeness (QED) is 0.271. The van der Waals surface area contributed by atoms with Gasteiger partial charge in [-0.15, -0.1) is 0 Å². The zero-order chi connectivity index (χ0) is 7.52. The molecule has 0 aromatic carbocycles. The van der Waals surface area contributed by atoms with Gasteiger partial charge in [0.2, 0.25) is 0 Å². The van der Waals surface area contributed by atoms with E-state index in [0.717, 1.165) is 0 Å². The predicted molar refractivity (Wildman–Crippen MR) is 48.6 cm³/mol. The minimum Gasteiger partial charge on any atom is -1.00 e. The van der Waals surface area contributed by atoms with E-state index in [9.17, 15) is 0 Å². The van der Waals surface area contributed by atoms with Crippen LogP contribution >= 0.6 is 0 Å². The van der Waals surface area contributed by atoms with E-state index in [1.807, 2.05) is 3.28 Å². The summed E-state index contributed by atoms with van der Waals surface area (Å²) in [6.07, 6.45) is 8.31. The van der Waals surface area contributed by atoms with Crippen molar-refractivity contribution >= 4 is 47.0 Å². The first-order chi connectivity index (χ1) is 5.45. The monoisotopic (exact) mass is 614 g/mol. The summed E-state index contributed by atoms with van der Waals surface area (Å²) in [4.78, 5) is 0. The number of rotatable bonds is 2. The Morgan fingerprint density at radius 3 is 2.77 bits per heavy atom. The maximum Gasteiger partial charge on any atom is -1.00 e. The molecule has 1 aliphatic heterocycles. The summed E-state index contributed by atoms with van der Waals surface area (Å²) in [5.74, 6) is 0. The maximum absolute atomic E-state index is 2.79. The SMILES string of the molecule is C1=CC[C]([Zr+2][C]2=[CH][SbH][Sb]=[Sb]2)=C1.[Cl-].[Cl-]. The van der Waals surface area contributed by atoms with Crippen molar-refractivity contribution in [1.82, 2.24) is 0 Å². The molecular formula is C7H7Cl2Sb3Zr. The second kappa shape index (κ2) is 9.20. The standard InChI is InChI=1S/C5H5.C2H.2ClH.3Sb.Zr.H/c1-2-4-5-3-1;1-2;;;;;;;/h1-3H,4H2;1H;2*1H;;;;;/q;;;;;;;+2;/p-2. The molecule has 0 atom stereocenters. The van der Waals surface area contributed by atoms with Gasteiger partial charge in [0, 0.05) is 0 Å². The van der Waals surface area contributed by atoms with Crippen LogP contribution in [0.2, 0.25) is 0 Å². The minimum absolute atomic E-state index is 0. The van der Waals surface area contributed by atoms with Gasteiger partial charge in [0.25, 0.3) is 0 Å². The Labute approximate surface area is 125 Å². The van der Waals surface area contributed by atoms with Crippen molar-refractivity contribution in [3.05, 3.63) is 26.8 Å². The second-order valence-corrected chi connectivity index (χ2v) is 51.3. The van der Waals surface area contributed by atoms with Gasteiger partial charge in [-0.25, -0.2) is 0 Å². The van der Waals surface area contributed by atoms with Crippen LogP contribution in [0.4, 0.5) is 0 Å². The summed E-state index contributed by atoms with van der Waals surface area (Å²) in [6, 6.07) is 0. The van der Waals surface area contributed by atoms with Gasteiger partial charge in [-0.2, -0.15) is 0 Å². The van der Waals surface area contributed by atoms with Crippen molar-refractivity contribution < 1.29 is 48.0 Å². The van der Waals surface area contributed by atoms with Gasteiger partial charge in [0.1, 0.15) is 0 Å². The Bertz CT molecular complexity index is 283. The van der Waals surface area contributed by atoms with Gasteiger partial charge in [-0.1, -0.05) is 0 Å². The van der Waals surface area contributed by atoms with Crippen molar-refractivity contribution in [2.75, 3.05) is 0 Å². The predicted octanol–water partition coefficient (Wildman–Crippen LogP) is -5.59. The average Bonchev–Trinajstić information content (AvgIpc) is 2.60. The molecule has 0 saturated carbocycles. The van der Waals surface area contributed by atoms with Crippen LogP contribution < -0.4 is 24.8 Å². The van der Waals surface area contributed by atoms with Gasteiger partial charge >= 0.3 is 103 Å². The fourth-order valence-electron chi connectivity index (χ4n) is 0.967. The van der Waals surface area contributed by atoms with Crippen LogP contribution in [0.5, 0.6) is 0 Å². The summed E-state index contributed by atoms with van der Waals surface area (Å²) in [7, 11) is 0. The molecule has 0 bridgehead atoms. The van der Waals surface area contributed by atoms with Gasteiger partial charge in [0.15, 0.2) is 0 Å². The summed E-state index contributed by atoms with van der Waals surface area (Å²) in [5, 5.41) is 0. The fraction of sp³-hybridized carbons (Fsp3) is 0.143. The second-order valence-electron chi connectivity index (χ2n) is 2.31. The van der Waals surface area contributed by atoms with Crippen LogP contribution in [0.25, 0.3) is 0 Å². The smallest absolute Gasteiger partial charge is 1.00 e. The van der Waals surface area contributed by atoms with E-state index in [4.69, 9.17) is 0 Å². The average molecular weight is 619 g/mol. The van der Waals surface area contributed by atoms with Crippen LogP contribution in [0.1, 0.15) is 6.42 Å². The first-order valence-corrected chi connectivity index (χ1v) is 27.5. The molecule has 0 fully saturated rings. The molecule has 0 nitrogen and oxygen atoms in total. The van der Waals surface area contributed by atoms with E-state index in [-0.39, 0.29) is 65.5 Å². The molecule has 0 spiro atoms. The summed E-state index contributed by atoms with van der Waals surface area (Å²) in [5.41, 5.74) is 0. The third-order valence-corrected chi connectivity index (χ3v) is 62.4. The molecule has 6 heteroatoms. The van der Waals surface area contributed by atoms with Crippen molar-refractivity contribution in [2.45, 2.75) is 6.42 Å². The van der Waals surface area contributed by atoms with E-state index < -0.39 is 0 Å². The molecule has 0 radical (unpaired) electrons. The van der Waals surface area contributed by atoms with E-state index >= 15 is 0 Å². The number of halogens is 2. The first kappa shape index (κ1) is 16.1. The minimum atomic E-state index is -0.102. The van der Waals surface area contributed by atoms with E-state index in [1.165, 1.54) is 6.42 Å². The Hall–Kier alpha value is 3.14. The largest absolute Gasteiger partial charge is 1.00 e. The zero-order valence-corrected chi connectivity index (χ0v) is 18.6. The zero-order valence-electron chi connectivity index (χ0n) is 6.67. The molecule has 2 aliphatic rings. The van der Waals surface area contributed by atoms with Crippen molar-refractivity contribution in [1.29, 1.82) is 0 Å². The van der Waals surface area contributed by atoms with Gasteiger partial charge < -0.3 is 24.8 Å². The topological polar surface area (TPSA) is 0 Å². The van der Waals surface area contributed by atoms with E-state index in [1.54, 1.807) is 0 Å². The van der Waals surface area contributed by atoms with Crippen LogP contribution in [-0.4, -0.2) is 47.0 Å². The van der Waals surface area contributed by atoms with Crippen LogP contribution in [0, 0.1) is 0 Å². The van der Waals surface area contributed by atoms with Crippen LogP contribution in [0.3, 0.4) is 0 Å². The van der Waals surface area contributed by atoms with Gasteiger partial charge in [-0.3, -0.25) is 0 Å². The molecular weight excluding hydrogens is 611 g/mol.